The van der Waals surface area contributed by atoms with Crippen LogP contribution in [0.4, 0.5) is 0 Å². The van der Waals surface area contributed by atoms with Crippen LogP contribution >= 0.6 is 0 Å². The van der Waals surface area contributed by atoms with E-state index in [1.54, 1.807) is 0 Å². The fourth-order valence-electron chi connectivity index (χ4n) is 8.86. The van der Waals surface area contributed by atoms with Crippen LogP contribution in [0.3, 0.4) is 0 Å². The van der Waals surface area contributed by atoms with Gasteiger partial charge in [0.1, 0.15) is 0 Å². The van der Waals surface area contributed by atoms with Gasteiger partial charge in [0.05, 0.1) is 0 Å². The average Bonchev–Trinajstić information content (AvgIpc) is 3.59. The summed E-state index contributed by atoms with van der Waals surface area (Å²) in [6.07, 6.45) is 10.2. The van der Waals surface area contributed by atoms with Crippen molar-refractivity contribution in [3.63, 3.8) is 0 Å². The van der Waals surface area contributed by atoms with E-state index in [0.717, 1.165) is 26.2 Å². The van der Waals surface area contributed by atoms with Gasteiger partial charge in [0, 0.05) is 0 Å². The molecule has 0 bridgehead atoms. The standard InChI is InChI=1S/4C6H9N2.Zr/c4*1-3-7-6-5(1)2-4-8-6;/h4*3,5H,1-2,4H2,(H,7,8);. The maximum atomic E-state index is 4.92. The van der Waals surface area contributed by atoms with Gasteiger partial charge in [0.15, 0.2) is 0 Å². The van der Waals surface area contributed by atoms with Crippen LogP contribution in [0, 0.1) is 23.7 Å². The van der Waals surface area contributed by atoms with Crippen molar-refractivity contribution in [3.8, 4) is 0 Å². The molecule has 0 saturated carbocycles. The normalized spacial score (nSPS) is 46.1. The minimum absolute atomic E-state index is 0.620. The van der Waals surface area contributed by atoms with Crippen molar-refractivity contribution < 1.29 is 20.3 Å². The van der Waals surface area contributed by atoms with Crippen LogP contribution in [-0.4, -0.2) is 64.5 Å². The number of rotatable bonds is 4. The van der Waals surface area contributed by atoms with Crippen LogP contribution in [0.5, 0.6) is 0 Å². The molecule has 4 saturated heterocycles. The van der Waals surface area contributed by atoms with Gasteiger partial charge in [-0.2, -0.15) is 0 Å². The minimum atomic E-state index is -3.18. The Balaban J connectivity index is 1.25. The summed E-state index contributed by atoms with van der Waals surface area (Å²) in [5, 5.41) is 16.5. The first-order valence-electron chi connectivity index (χ1n) is 13.5. The molecule has 4 N–H and O–H groups in total. The SMILES string of the molecule is C1CC2C[CH]([Zr]([CH]3CC4CCN=C4N3)([CH]3CC4CCN=C4N3)[CH]3CC4CCN=C4N3)NC2=N1. The van der Waals surface area contributed by atoms with Crippen molar-refractivity contribution in [1.82, 2.24) is 21.3 Å². The summed E-state index contributed by atoms with van der Waals surface area (Å²) >= 11 is -3.18. The summed E-state index contributed by atoms with van der Waals surface area (Å²) in [6.45, 7) is 4.07. The molecule has 8 rings (SSSR count). The zero-order valence-corrected chi connectivity index (χ0v) is 21.9. The Labute approximate surface area is 200 Å². The van der Waals surface area contributed by atoms with Crippen LogP contribution in [0.15, 0.2) is 20.0 Å². The van der Waals surface area contributed by atoms with Crippen molar-refractivity contribution >= 4 is 23.3 Å². The third kappa shape index (κ3) is 2.83. The molecule has 8 atom stereocenters. The Morgan fingerprint density at radius 2 is 0.727 bits per heavy atom. The molecule has 176 valence electrons. The number of hydrogen-bond acceptors (Lipinski definition) is 8. The fourth-order valence-corrected chi connectivity index (χ4v) is 26.7. The van der Waals surface area contributed by atoms with Gasteiger partial charge in [-0.15, -0.1) is 0 Å². The van der Waals surface area contributed by atoms with E-state index < -0.39 is 20.3 Å². The Kier molecular flexibility index (Phi) is 4.47. The molecule has 8 nitrogen and oxygen atoms in total. The average molecular weight is 528 g/mol. The quantitative estimate of drug-likeness (QED) is 0.440. The zero-order valence-electron chi connectivity index (χ0n) is 19.4. The first-order valence-corrected chi connectivity index (χ1v) is 19.2. The van der Waals surface area contributed by atoms with Gasteiger partial charge in [0.2, 0.25) is 0 Å². The molecular weight excluding hydrogens is 492 g/mol. The van der Waals surface area contributed by atoms with E-state index in [4.69, 9.17) is 20.0 Å². The van der Waals surface area contributed by atoms with Gasteiger partial charge in [-0.25, -0.2) is 0 Å². The van der Waals surface area contributed by atoms with E-state index in [9.17, 15) is 0 Å². The Hall–Kier alpha value is -1.24. The molecular formula is C24H36N8Zr. The maximum absolute atomic E-state index is 4.92. The molecule has 8 heterocycles. The molecule has 0 radical (unpaired) electrons. The molecule has 8 unspecified atom stereocenters. The fraction of sp³-hybridized carbons (Fsp3) is 0.833. The summed E-state index contributed by atoms with van der Waals surface area (Å²) < 4.78 is 2.48. The molecule has 8 aliphatic rings. The third-order valence-electron chi connectivity index (χ3n) is 10.4. The first kappa shape index (κ1) is 20.0. The molecule has 0 aromatic rings. The van der Waals surface area contributed by atoms with Crippen molar-refractivity contribution in [2.75, 3.05) is 26.2 Å². The second-order valence-electron chi connectivity index (χ2n) is 11.7. The van der Waals surface area contributed by atoms with Crippen LogP contribution in [0.2, 0.25) is 0 Å². The van der Waals surface area contributed by atoms with Crippen LogP contribution in [-0.2, 0) is 20.3 Å². The molecule has 8 aliphatic heterocycles. The Morgan fingerprint density at radius 3 is 0.970 bits per heavy atom. The summed E-state index contributed by atoms with van der Waals surface area (Å²) in [4.78, 5) is 19.7. The molecule has 0 aliphatic carbocycles. The monoisotopic (exact) mass is 526 g/mol. The summed E-state index contributed by atoms with van der Waals surface area (Å²) in [7, 11) is 0. The second-order valence-corrected chi connectivity index (χ2v) is 23.5. The predicted molar refractivity (Wildman–Crippen MR) is 128 cm³/mol. The van der Waals surface area contributed by atoms with E-state index >= 15 is 0 Å². The summed E-state index contributed by atoms with van der Waals surface area (Å²) in [5.41, 5.74) is 0. The number of aliphatic imine (C=N–C) groups is 4. The zero-order chi connectivity index (χ0) is 21.6. The molecule has 33 heavy (non-hydrogen) atoms. The summed E-state index contributed by atoms with van der Waals surface area (Å²) in [6, 6.07) is 0. The van der Waals surface area contributed by atoms with Gasteiger partial charge in [-0.1, -0.05) is 0 Å². The van der Waals surface area contributed by atoms with E-state index in [-0.39, 0.29) is 0 Å². The van der Waals surface area contributed by atoms with Crippen molar-refractivity contribution in [2.24, 2.45) is 43.6 Å². The van der Waals surface area contributed by atoms with E-state index in [1.807, 2.05) is 0 Å². The van der Waals surface area contributed by atoms with E-state index in [0.29, 0.717) is 38.7 Å². The molecule has 9 heteroatoms. The van der Waals surface area contributed by atoms with Crippen molar-refractivity contribution in [2.45, 2.75) is 66.4 Å². The van der Waals surface area contributed by atoms with Crippen LogP contribution in [0.1, 0.15) is 51.4 Å². The molecule has 0 spiro atoms. The first-order chi connectivity index (χ1) is 16.3. The Morgan fingerprint density at radius 1 is 0.455 bits per heavy atom. The van der Waals surface area contributed by atoms with Gasteiger partial charge in [-0.05, 0) is 0 Å². The number of amidine groups is 4. The third-order valence-corrected chi connectivity index (χ3v) is 26.0. The molecule has 0 aromatic carbocycles. The van der Waals surface area contributed by atoms with Gasteiger partial charge < -0.3 is 0 Å². The van der Waals surface area contributed by atoms with Gasteiger partial charge in [0.25, 0.3) is 0 Å². The number of nitrogens with one attached hydrogen (secondary N) is 4. The molecule has 0 aromatic heterocycles. The van der Waals surface area contributed by atoms with Crippen LogP contribution in [0.25, 0.3) is 0 Å². The number of nitrogens with zero attached hydrogens (tertiary/aromatic N) is 4. The van der Waals surface area contributed by atoms with Crippen molar-refractivity contribution in [1.29, 1.82) is 0 Å². The van der Waals surface area contributed by atoms with E-state index in [1.165, 1.54) is 74.7 Å². The van der Waals surface area contributed by atoms with Gasteiger partial charge >= 0.3 is 201 Å². The number of hydrogen-bond donors (Lipinski definition) is 4. The van der Waals surface area contributed by atoms with E-state index in [2.05, 4.69) is 21.3 Å². The topological polar surface area (TPSA) is 97.6 Å². The Bertz CT molecular complexity index is 829. The second kappa shape index (κ2) is 7.38. The molecule has 0 amide bonds. The van der Waals surface area contributed by atoms with Crippen LogP contribution < -0.4 is 21.3 Å². The van der Waals surface area contributed by atoms with Gasteiger partial charge in [-0.3, -0.25) is 0 Å². The predicted octanol–water partition coefficient (Wildman–Crippen LogP) is 1.09. The summed E-state index contributed by atoms with van der Waals surface area (Å²) in [5.74, 6) is 8.01. The molecule has 4 fully saturated rings. The van der Waals surface area contributed by atoms with Crippen molar-refractivity contribution in [3.05, 3.63) is 0 Å². The number of fused-ring (bicyclic) bond motifs is 4.